The van der Waals surface area contributed by atoms with Crippen LogP contribution in [0.25, 0.3) is 0 Å². The first-order chi connectivity index (χ1) is 11.8. The summed E-state index contributed by atoms with van der Waals surface area (Å²) in [5.74, 6) is 1.45. The molecule has 1 aliphatic heterocycles. The standard InChI is InChI=1S/C19H26N4O/c24-19(22-15-18-20-9-10-21-18)14-17-7-12-23(13-8-17)11-6-16-4-2-1-3-5-16/h1-5,9-10,17H,6-8,11-15H2,(H,20,21)(H,22,24). The van der Waals surface area contributed by atoms with E-state index in [2.05, 4.69) is 50.5 Å². The summed E-state index contributed by atoms with van der Waals surface area (Å²) in [6.45, 7) is 3.80. The molecule has 1 aromatic carbocycles. The molecule has 1 fully saturated rings. The zero-order valence-electron chi connectivity index (χ0n) is 14.1. The zero-order valence-corrected chi connectivity index (χ0v) is 14.1. The molecule has 5 heteroatoms. The molecule has 0 saturated carbocycles. The molecule has 0 radical (unpaired) electrons. The molecule has 0 atom stereocenters. The molecular formula is C19H26N4O. The van der Waals surface area contributed by atoms with Gasteiger partial charge in [-0.05, 0) is 43.8 Å². The van der Waals surface area contributed by atoms with Gasteiger partial charge >= 0.3 is 0 Å². The number of amides is 1. The number of H-pyrrole nitrogens is 1. The van der Waals surface area contributed by atoms with Crippen molar-refractivity contribution in [2.24, 2.45) is 5.92 Å². The Kier molecular flexibility index (Phi) is 6.01. The molecule has 1 saturated heterocycles. The van der Waals surface area contributed by atoms with E-state index >= 15 is 0 Å². The van der Waals surface area contributed by atoms with E-state index in [0.717, 1.165) is 44.7 Å². The van der Waals surface area contributed by atoms with E-state index in [1.807, 2.05) is 0 Å². The van der Waals surface area contributed by atoms with Gasteiger partial charge in [0.2, 0.25) is 5.91 Å². The molecule has 0 aliphatic carbocycles. The van der Waals surface area contributed by atoms with Crippen molar-refractivity contribution in [3.8, 4) is 0 Å². The lowest BCUT2D eigenvalue weighted by molar-refractivity contribution is -0.122. The van der Waals surface area contributed by atoms with Crippen LogP contribution < -0.4 is 5.32 Å². The Balaban J connectivity index is 1.32. The van der Waals surface area contributed by atoms with Gasteiger partial charge in [-0.15, -0.1) is 0 Å². The van der Waals surface area contributed by atoms with Gasteiger partial charge in [0.15, 0.2) is 0 Å². The van der Waals surface area contributed by atoms with Crippen molar-refractivity contribution in [2.75, 3.05) is 19.6 Å². The van der Waals surface area contributed by atoms with Crippen molar-refractivity contribution in [3.63, 3.8) is 0 Å². The topological polar surface area (TPSA) is 61.0 Å². The third-order valence-corrected chi connectivity index (χ3v) is 4.75. The highest BCUT2D eigenvalue weighted by atomic mass is 16.1. The van der Waals surface area contributed by atoms with Gasteiger partial charge in [0, 0.05) is 25.4 Å². The highest BCUT2D eigenvalue weighted by molar-refractivity contribution is 5.76. The van der Waals surface area contributed by atoms with Crippen LogP contribution in [0.3, 0.4) is 0 Å². The Morgan fingerprint density at radius 1 is 1.25 bits per heavy atom. The highest BCUT2D eigenvalue weighted by Crippen LogP contribution is 2.20. The number of nitrogens with zero attached hydrogens (tertiary/aromatic N) is 2. The summed E-state index contributed by atoms with van der Waals surface area (Å²) >= 11 is 0. The average molecular weight is 326 g/mol. The lowest BCUT2D eigenvalue weighted by Gasteiger charge is -2.31. The summed E-state index contributed by atoms with van der Waals surface area (Å²) < 4.78 is 0. The molecule has 0 bridgehead atoms. The number of nitrogens with one attached hydrogen (secondary N) is 2. The molecule has 2 N–H and O–H groups in total. The number of aromatic amines is 1. The van der Waals surface area contributed by atoms with Crippen molar-refractivity contribution in [1.29, 1.82) is 0 Å². The number of piperidine rings is 1. The largest absolute Gasteiger partial charge is 0.349 e. The normalized spacial score (nSPS) is 16.2. The molecule has 1 aromatic heterocycles. The first kappa shape index (κ1) is 16.7. The Bertz CT molecular complexity index is 604. The van der Waals surface area contributed by atoms with E-state index in [-0.39, 0.29) is 5.91 Å². The summed E-state index contributed by atoms with van der Waals surface area (Å²) in [6, 6.07) is 10.6. The van der Waals surface area contributed by atoms with Crippen LogP contribution in [0.4, 0.5) is 0 Å². The van der Waals surface area contributed by atoms with E-state index in [9.17, 15) is 4.79 Å². The van der Waals surface area contributed by atoms with Gasteiger partial charge in [-0.25, -0.2) is 4.98 Å². The fourth-order valence-corrected chi connectivity index (χ4v) is 3.26. The quantitative estimate of drug-likeness (QED) is 0.821. The first-order valence-electron chi connectivity index (χ1n) is 8.81. The molecule has 1 aliphatic rings. The van der Waals surface area contributed by atoms with Crippen LogP contribution in [0.15, 0.2) is 42.7 Å². The lowest BCUT2D eigenvalue weighted by atomic mass is 9.93. The van der Waals surface area contributed by atoms with Gasteiger partial charge in [-0.3, -0.25) is 4.79 Å². The zero-order chi connectivity index (χ0) is 16.6. The Hall–Kier alpha value is -2.14. The maximum absolute atomic E-state index is 12.0. The van der Waals surface area contributed by atoms with Gasteiger partial charge in [0.25, 0.3) is 0 Å². The van der Waals surface area contributed by atoms with Crippen molar-refractivity contribution >= 4 is 5.91 Å². The van der Waals surface area contributed by atoms with E-state index in [0.29, 0.717) is 18.9 Å². The van der Waals surface area contributed by atoms with Gasteiger partial charge in [0.1, 0.15) is 5.82 Å². The van der Waals surface area contributed by atoms with Gasteiger partial charge in [-0.2, -0.15) is 0 Å². The van der Waals surface area contributed by atoms with E-state index < -0.39 is 0 Å². The molecular weight excluding hydrogens is 300 g/mol. The second-order valence-electron chi connectivity index (χ2n) is 6.54. The summed E-state index contributed by atoms with van der Waals surface area (Å²) in [7, 11) is 0. The second-order valence-corrected chi connectivity index (χ2v) is 6.54. The monoisotopic (exact) mass is 326 g/mol. The minimum absolute atomic E-state index is 0.133. The number of rotatable bonds is 7. The van der Waals surface area contributed by atoms with Crippen molar-refractivity contribution < 1.29 is 4.79 Å². The van der Waals surface area contributed by atoms with Crippen LogP contribution in [0.2, 0.25) is 0 Å². The summed E-state index contributed by atoms with van der Waals surface area (Å²) in [5, 5.41) is 2.94. The molecule has 5 nitrogen and oxygen atoms in total. The summed E-state index contributed by atoms with van der Waals surface area (Å²) in [4.78, 5) is 21.7. The summed E-state index contributed by atoms with van der Waals surface area (Å²) in [6.07, 6.45) is 7.44. The Labute approximate surface area is 143 Å². The summed E-state index contributed by atoms with van der Waals surface area (Å²) in [5.41, 5.74) is 1.40. The third kappa shape index (κ3) is 5.20. The minimum Gasteiger partial charge on any atom is -0.349 e. The van der Waals surface area contributed by atoms with Gasteiger partial charge in [-0.1, -0.05) is 30.3 Å². The van der Waals surface area contributed by atoms with Crippen LogP contribution in [0, 0.1) is 5.92 Å². The van der Waals surface area contributed by atoms with Gasteiger partial charge < -0.3 is 15.2 Å². The average Bonchev–Trinajstić information content (AvgIpc) is 3.14. The first-order valence-corrected chi connectivity index (χ1v) is 8.81. The number of imidazole rings is 1. The molecule has 2 aromatic rings. The predicted octanol–water partition coefficient (Wildman–Crippen LogP) is 2.37. The molecule has 3 rings (SSSR count). The molecule has 2 heterocycles. The number of carbonyl (C=O) groups is 1. The van der Waals surface area contributed by atoms with Crippen LogP contribution >= 0.6 is 0 Å². The number of hydrogen-bond donors (Lipinski definition) is 2. The fraction of sp³-hybridized carbons (Fsp3) is 0.474. The fourth-order valence-electron chi connectivity index (χ4n) is 3.26. The second kappa shape index (κ2) is 8.64. The number of carbonyl (C=O) groups excluding carboxylic acids is 1. The van der Waals surface area contributed by atoms with Crippen LogP contribution in [0.5, 0.6) is 0 Å². The smallest absolute Gasteiger partial charge is 0.220 e. The number of benzene rings is 1. The molecule has 0 unspecified atom stereocenters. The van der Waals surface area contributed by atoms with E-state index in [1.165, 1.54) is 5.56 Å². The van der Waals surface area contributed by atoms with Crippen LogP contribution in [-0.4, -0.2) is 40.4 Å². The minimum atomic E-state index is 0.133. The SMILES string of the molecule is O=C(CC1CCN(CCc2ccccc2)CC1)NCc1ncc[nH]1. The van der Waals surface area contributed by atoms with Crippen LogP contribution in [0.1, 0.15) is 30.7 Å². The maximum atomic E-state index is 12.0. The van der Waals surface area contributed by atoms with Crippen LogP contribution in [-0.2, 0) is 17.8 Å². The molecule has 128 valence electrons. The van der Waals surface area contributed by atoms with E-state index in [4.69, 9.17) is 0 Å². The number of hydrogen-bond acceptors (Lipinski definition) is 3. The maximum Gasteiger partial charge on any atom is 0.220 e. The van der Waals surface area contributed by atoms with E-state index in [1.54, 1.807) is 12.4 Å². The lowest BCUT2D eigenvalue weighted by Crippen LogP contribution is -2.37. The predicted molar refractivity (Wildman–Crippen MR) is 94.4 cm³/mol. The molecule has 24 heavy (non-hydrogen) atoms. The molecule has 0 spiro atoms. The van der Waals surface area contributed by atoms with Crippen molar-refractivity contribution in [2.45, 2.75) is 32.2 Å². The Morgan fingerprint density at radius 2 is 2.04 bits per heavy atom. The van der Waals surface area contributed by atoms with Gasteiger partial charge in [0.05, 0.1) is 6.54 Å². The third-order valence-electron chi connectivity index (χ3n) is 4.75. The number of aromatic nitrogens is 2. The van der Waals surface area contributed by atoms with Crippen molar-refractivity contribution in [1.82, 2.24) is 20.2 Å². The van der Waals surface area contributed by atoms with Crippen molar-refractivity contribution in [3.05, 3.63) is 54.1 Å². The molecule has 1 amide bonds. The number of likely N-dealkylation sites (tertiary alicyclic amines) is 1. The highest BCUT2D eigenvalue weighted by Gasteiger charge is 2.21. The Morgan fingerprint density at radius 3 is 2.75 bits per heavy atom.